The molecular weight excluding hydrogens is 206 g/mol. The van der Waals surface area contributed by atoms with Gasteiger partial charge in [-0.25, -0.2) is 0 Å². The van der Waals surface area contributed by atoms with Gasteiger partial charge in [0.05, 0.1) is 0 Å². The summed E-state index contributed by atoms with van der Waals surface area (Å²) in [5.74, 6) is 1.81. The SMILES string of the molecule is CN1CC(CC(C)(C)C)CC(CC(C)(C)C)C1. The van der Waals surface area contributed by atoms with Crippen molar-refractivity contribution in [2.45, 2.75) is 60.8 Å². The lowest BCUT2D eigenvalue weighted by Crippen LogP contribution is -2.40. The summed E-state index contributed by atoms with van der Waals surface area (Å²) >= 11 is 0. The second kappa shape index (κ2) is 5.30. The van der Waals surface area contributed by atoms with Crippen LogP contribution >= 0.6 is 0 Å². The number of rotatable bonds is 2. The van der Waals surface area contributed by atoms with Gasteiger partial charge in [-0.3, -0.25) is 0 Å². The van der Waals surface area contributed by atoms with Crippen molar-refractivity contribution in [3.63, 3.8) is 0 Å². The van der Waals surface area contributed by atoms with E-state index in [1.165, 1.54) is 32.4 Å². The normalized spacial score (nSPS) is 28.4. The van der Waals surface area contributed by atoms with Crippen molar-refractivity contribution in [2.24, 2.45) is 22.7 Å². The van der Waals surface area contributed by atoms with Crippen molar-refractivity contribution in [3.05, 3.63) is 0 Å². The topological polar surface area (TPSA) is 3.24 Å². The molecule has 102 valence electrons. The summed E-state index contributed by atoms with van der Waals surface area (Å²) in [6.07, 6.45) is 4.19. The highest BCUT2D eigenvalue weighted by Crippen LogP contribution is 2.36. The van der Waals surface area contributed by atoms with E-state index in [1.54, 1.807) is 0 Å². The summed E-state index contributed by atoms with van der Waals surface area (Å²) in [5.41, 5.74) is 0.963. The average Bonchev–Trinajstić information content (AvgIpc) is 1.93. The molecule has 1 nitrogen and oxygen atoms in total. The quantitative estimate of drug-likeness (QED) is 0.689. The van der Waals surface area contributed by atoms with Gasteiger partial charge >= 0.3 is 0 Å². The van der Waals surface area contributed by atoms with Crippen LogP contribution in [0.15, 0.2) is 0 Å². The lowest BCUT2D eigenvalue weighted by Gasteiger charge is -2.40. The zero-order valence-corrected chi connectivity index (χ0v) is 13.1. The van der Waals surface area contributed by atoms with Crippen molar-refractivity contribution in [1.29, 1.82) is 0 Å². The first-order chi connectivity index (χ1) is 7.55. The fraction of sp³-hybridized carbons (Fsp3) is 1.00. The second-order valence-electron chi connectivity index (χ2n) is 8.72. The van der Waals surface area contributed by atoms with Gasteiger partial charge in [-0.15, -0.1) is 0 Å². The molecule has 2 atom stereocenters. The van der Waals surface area contributed by atoms with Gasteiger partial charge in [0.2, 0.25) is 0 Å². The molecule has 1 heterocycles. The fourth-order valence-corrected chi connectivity index (χ4v) is 3.60. The van der Waals surface area contributed by atoms with Crippen LogP contribution in [0.25, 0.3) is 0 Å². The minimum Gasteiger partial charge on any atom is -0.306 e. The third kappa shape index (κ3) is 6.45. The molecular formula is C16H33N. The number of likely N-dealkylation sites (tertiary alicyclic amines) is 1. The number of hydrogen-bond acceptors (Lipinski definition) is 1. The standard InChI is InChI=1S/C16H33N/c1-15(2,3)9-13-8-14(10-16(4,5)6)12-17(7)11-13/h13-14H,8-12H2,1-7H3. The summed E-state index contributed by atoms with van der Waals surface area (Å²) in [4.78, 5) is 2.55. The Kier molecular flexibility index (Phi) is 4.68. The average molecular weight is 239 g/mol. The van der Waals surface area contributed by atoms with E-state index in [-0.39, 0.29) is 0 Å². The van der Waals surface area contributed by atoms with Gasteiger partial charge in [0.25, 0.3) is 0 Å². The van der Waals surface area contributed by atoms with Crippen LogP contribution in [-0.4, -0.2) is 25.0 Å². The molecule has 0 N–H and O–H groups in total. The summed E-state index contributed by atoms with van der Waals surface area (Å²) in [7, 11) is 2.30. The van der Waals surface area contributed by atoms with Crippen molar-refractivity contribution in [3.8, 4) is 0 Å². The first kappa shape index (κ1) is 15.0. The number of hydrogen-bond donors (Lipinski definition) is 0. The molecule has 2 unspecified atom stereocenters. The molecule has 1 saturated heterocycles. The Hall–Kier alpha value is -0.0400. The molecule has 0 aliphatic carbocycles. The van der Waals surface area contributed by atoms with Crippen LogP contribution in [-0.2, 0) is 0 Å². The van der Waals surface area contributed by atoms with Crippen molar-refractivity contribution >= 4 is 0 Å². The maximum atomic E-state index is 2.55. The van der Waals surface area contributed by atoms with E-state index in [0.29, 0.717) is 10.8 Å². The lowest BCUT2D eigenvalue weighted by molar-refractivity contribution is 0.0968. The van der Waals surface area contributed by atoms with Crippen molar-refractivity contribution in [1.82, 2.24) is 4.90 Å². The molecule has 0 aromatic heterocycles. The molecule has 1 aliphatic rings. The zero-order chi connectivity index (χ0) is 13.3. The van der Waals surface area contributed by atoms with E-state index >= 15 is 0 Å². The molecule has 0 amide bonds. The highest BCUT2D eigenvalue weighted by atomic mass is 15.1. The molecule has 0 aromatic carbocycles. The van der Waals surface area contributed by atoms with Crippen LogP contribution in [0.3, 0.4) is 0 Å². The minimum absolute atomic E-state index is 0.481. The second-order valence-corrected chi connectivity index (χ2v) is 8.72. The van der Waals surface area contributed by atoms with E-state index in [9.17, 15) is 0 Å². The molecule has 17 heavy (non-hydrogen) atoms. The summed E-state index contributed by atoms with van der Waals surface area (Å²) in [6, 6.07) is 0. The van der Waals surface area contributed by atoms with Crippen LogP contribution < -0.4 is 0 Å². The van der Waals surface area contributed by atoms with E-state index < -0.39 is 0 Å². The Morgan fingerprint density at radius 3 is 1.47 bits per heavy atom. The third-order valence-electron chi connectivity index (χ3n) is 3.61. The first-order valence-electron chi connectivity index (χ1n) is 7.24. The van der Waals surface area contributed by atoms with Crippen LogP contribution in [0.5, 0.6) is 0 Å². The van der Waals surface area contributed by atoms with Gasteiger partial charge in [0.1, 0.15) is 0 Å². The summed E-state index contributed by atoms with van der Waals surface area (Å²) < 4.78 is 0. The first-order valence-corrected chi connectivity index (χ1v) is 7.24. The van der Waals surface area contributed by atoms with Crippen molar-refractivity contribution < 1.29 is 0 Å². The van der Waals surface area contributed by atoms with Crippen LogP contribution in [0, 0.1) is 22.7 Å². The van der Waals surface area contributed by atoms with Gasteiger partial charge in [-0.1, -0.05) is 41.5 Å². The van der Waals surface area contributed by atoms with Gasteiger partial charge in [-0.2, -0.15) is 0 Å². The molecule has 0 saturated carbocycles. The number of nitrogens with zero attached hydrogens (tertiary/aromatic N) is 1. The Morgan fingerprint density at radius 1 is 0.824 bits per heavy atom. The molecule has 1 aliphatic heterocycles. The van der Waals surface area contributed by atoms with Crippen LogP contribution in [0.1, 0.15) is 60.8 Å². The van der Waals surface area contributed by atoms with Gasteiger partial charge in [0, 0.05) is 13.1 Å². The third-order valence-corrected chi connectivity index (χ3v) is 3.61. The molecule has 0 radical (unpaired) electrons. The Labute approximate surface area is 109 Å². The molecule has 1 heteroatoms. The molecule has 1 fully saturated rings. The van der Waals surface area contributed by atoms with E-state index in [2.05, 4.69) is 53.5 Å². The highest BCUT2D eigenvalue weighted by Gasteiger charge is 2.30. The van der Waals surface area contributed by atoms with E-state index in [0.717, 1.165) is 11.8 Å². The summed E-state index contributed by atoms with van der Waals surface area (Å²) in [5, 5.41) is 0. The Balaban J connectivity index is 2.53. The van der Waals surface area contributed by atoms with E-state index in [4.69, 9.17) is 0 Å². The predicted molar refractivity (Wildman–Crippen MR) is 77.2 cm³/mol. The maximum absolute atomic E-state index is 2.55. The maximum Gasteiger partial charge on any atom is 0.000703 e. The van der Waals surface area contributed by atoms with Gasteiger partial charge < -0.3 is 4.90 Å². The highest BCUT2D eigenvalue weighted by molar-refractivity contribution is 4.82. The Bertz CT molecular complexity index is 207. The summed E-state index contributed by atoms with van der Waals surface area (Å²) in [6.45, 7) is 16.9. The molecule has 0 spiro atoms. The smallest absolute Gasteiger partial charge is 0.000703 e. The lowest BCUT2D eigenvalue weighted by atomic mass is 9.74. The predicted octanol–water partition coefficient (Wildman–Crippen LogP) is 4.43. The van der Waals surface area contributed by atoms with E-state index in [1.807, 2.05) is 0 Å². The molecule has 1 rings (SSSR count). The van der Waals surface area contributed by atoms with Crippen molar-refractivity contribution in [2.75, 3.05) is 20.1 Å². The monoisotopic (exact) mass is 239 g/mol. The minimum atomic E-state index is 0.481. The van der Waals surface area contributed by atoms with Crippen LogP contribution in [0.4, 0.5) is 0 Å². The van der Waals surface area contributed by atoms with Gasteiger partial charge in [-0.05, 0) is 49.0 Å². The molecule has 0 bridgehead atoms. The largest absolute Gasteiger partial charge is 0.306 e. The Morgan fingerprint density at radius 2 is 1.18 bits per heavy atom. The van der Waals surface area contributed by atoms with Crippen LogP contribution in [0.2, 0.25) is 0 Å². The fourth-order valence-electron chi connectivity index (χ4n) is 3.60. The molecule has 0 aromatic rings. The number of piperidine rings is 1. The van der Waals surface area contributed by atoms with Gasteiger partial charge in [0.15, 0.2) is 0 Å². The zero-order valence-electron chi connectivity index (χ0n) is 13.1.